The Bertz CT molecular complexity index is 492. The van der Waals surface area contributed by atoms with E-state index >= 15 is 0 Å². The van der Waals surface area contributed by atoms with Crippen LogP contribution in [0.3, 0.4) is 0 Å². The summed E-state index contributed by atoms with van der Waals surface area (Å²) in [5.74, 6) is 0.403. The molecule has 0 spiro atoms. The van der Waals surface area contributed by atoms with E-state index in [1.807, 2.05) is 0 Å². The number of rotatable bonds is 2. The van der Waals surface area contributed by atoms with Gasteiger partial charge in [-0.1, -0.05) is 46.4 Å². The molecule has 2 aromatic rings. The molecule has 1 heterocycles. The van der Waals surface area contributed by atoms with Gasteiger partial charge in [-0.15, -0.1) is 10.2 Å². The third kappa shape index (κ3) is 2.61. The quantitative estimate of drug-likeness (QED) is 0.765. The van der Waals surface area contributed by atoms with Crippen LogP contribution in [0.2, 0.25) is 10.0 Å². The van der Waals surface area contributed by atoms with E-state index in [0.29, 0.717) is 15.6 Å². The Kier molecular flexibility index (Phi) is 3.60. The largest absolute Gasteiger partial charge is 0.418 e. The van der Waals surface area contributed by atoms with Gasteiger partial charge in [0, 0.05) is 15.6 Å². The first-order valence-electron chi connectivity index (χ1n) is 4.14. The van der Waals surface area contributed by atoms with Crippen molar-refractivity contribution < 1.29 is 4.42 Å². The molecule has 0 aliphatic carbocycles. The Morgan fingerprint density at radius 3 is 2.12 bits per heavy atom. The fraction of sp³-hybridized carbons (Fsp3) is 0.111. The maximum absolute atomic E-state index is 5.84. The smallest absolute Gasteiger partial charge is 0.249 e. The second-order valence-corrected chi connectivity index (χ2v) is 4.87. The van der Waals surface area contributed by atoms with E-state index in [1.54, 1.807) is 18.2 Å². The third-order valence-electron chi connectivity index (χ3n) is 1.74. The second-order valence-electron chi connectivity index (χ2n) is 2.90. The van der Waals surface area contributed by atoms with Crippen LogP contribution in [0, 0.1) is 0 Å². The van der Waals surface area contributed by atoms with E-state index in [0.717, 1.165) is 0 Å². The monoisotopic (exact) mass is 296 g/mol. The maximum atomic E-state index is 5.84. The molecule has 2 rings (SSSR count). The molecule has 0 aliphatic heterocycles. The summed E-state index contributed by atoms with van der Waals surface area (Å²) >= 11 is 22.9. The summed E-state index contributed by atoms with van der Waals surface area (Å²) < 4.78 is 5.24. The van der Waals surface area contributed by atoms with Crippen LogP contribution < -0.4 is 0 Å². The molecule has 0 amide bonds. The number of alkyl halides is 2. The van der Waals surface area contributed by atoms with Crippen molar-refractivity contribution in [1.82, 2.24) is 10.2 Å². The summed E-state index contributed by atoms with van der Waals surface area (Å²) in [6.45, 7) is 0. The number of halogens is 4. The lowest BCUT2D eigenvalue weighted by molar-refractivity contribution is 0.523. The lowest BCUT2D eigenvalue weighted by Gasteiger charge is -1.97. The Morgan fingerprint density at radius 2 is 1.62 bits per heavy atom. The lowest BCUT2D eigenvalue weighted by atomic mass is 10.2. The van der Waals surface area contributed by atoms with Crippen LogP contribution in [0.25, 0.3) is 11.5 Å². The van der Waals surface area contributed by atoms with Gasteiger partial charge in [-0.3, -0.25) is 0 Å². The minimum atomic E-state index is -0.851. The van der Waals surface area contributed by atoms with Crippen LogP contribution in [0.15, 0.2) is 22.6 Å². The van der Waals surface area contributed by atoms with Gasteiger partial charge in [0.15, 0.2) is 4.84 Å². The van der Waals surface area contributed by atoms with Gasteiger partial charge < -0.3 is 4.42 Å². The van der Waals surface area contributed by atoms with Gasteiger partial charge in [0.2, 0.25) is 11.8 Å². The first-order chi connectivity index (χ1) is 7.56. The molecule has 0 fully saturated rings. The normalized spacial score (nSPS) is 11.1. The van der Waals surface area contributed by atoms with Crippen molar-refractivity contribution in [2.75, 3.05) is 0 Å². The molecule has 84 valence electrons. The number of hydrogen-bond donors (Lipinski definition) is 0. The topological polar surface area (TPSA) is 38.9 Å². The van der Waals surface area contributed by atoms with Gasteiger partial charge in [0.05, 0.1) is 0 Å². The fourth-order valence-electron chi connectivity index (χ4n) is 1.12. The van der Waals surface area contributed by atoms with Crippen molar-refractivity contribution >= 4 is 46.4 Å². The lowest BCUT2D eigenvalue weighted by Crippen LogP contribution is -1.79. The number of nitrogens with zero attached hydrogens (tertiary/aromatic N) is 2. The highest BCUT2D eigenvalue weighted by Gasteiger charge is 2.14. The van der Waals surface area contributed by atoms with Gasteiger partial charge >= 0.3 is 0 Å². The first kappa shape index (κ1) is 12.0. The van der Waals surface area contributed by atoms with Crippen LogP contribution in [0.1, 0.15) is 10.7 Å². The van der Waals surface area contributed by atoms with Crippen LogP contribution in [-0.2, 0) is 0 Å². The van der Waals surface area contributed by atoms with Crippen molar-refractivity contribution in [2.45, 2.75) is 4.84 Å². The molecule has 0 radical (unpaired) electrons. The van der Waals surface area contributed by atoms with E-state index in [-0.39, 0.29) is 11.8 Å². The minimum Gasteiger partial charge on any atom is -0.418 e. The van der Waals surface area contributed by atoms with E-state index in [2.05, 4.69) is 10.2 Å². The Balaban J connectivity index is 2.42. The Hall–Kier alpha value is -0.480. The van der Waals surface area contributed by atoms with Crippen molar-refractivity contribution in [1.29, 1.82) is 0 Å². The highest BCUT2D eigenvalue weighted by molar-refractivity contribution is 6.43. The van der Waals surface area contributed by atoms with Gasteiger partial charge in [0.25, 0.3) is 0 Å². The van der Waals surface area contributed by atoms with E-state index in [9.17, 15) is 0 Å². The zero-order chi connectivity index (χ0) is 11.7. The molecule has 0 atom stereocenters. The van der Waals surface area contributed by atoms with Gasteiger partial charge in [-0.2, -0.15) is 0 Å². The van der Waals surface area contributed by atoms with E-state index in [4.69, 9.17) is 50.8 Å². The second kappa shape index (κ2) is 4.80. The highest BCUT2D eigenvalue weighted by atomic mass is 35.5. The predicted octanol–water partition coefficient (Wildman–Crippen LogP) is 4.52. The molecule has 7 heteroatoms. The number of benzene rings is 1. The first-order valence-corrected chi connectivity index (χ1v) is 5.77. The molecule has 0 bridgehead atoms. The molecule has 0 unspecified atom stereocenters. The number of aromatic nitrogens is 2. The van der Waals surface area contributed by atoms with Crippen molar-refractivity contribution in [3.05, 3.63) is 34.1 Å². The molecule has 16 heavy (non-hydrogen) atoms. The molecule has 0 N–H and O–H groups in total. The van der Waals surface area contributed by atoms with E-state index < -0.39 is 4.84 Å². The maximum Gasteiger partial charge on any atom is 0.249 e. The van der Waals surface area contributed by atoms with Gasteiger partial charge in [-0.05, 0) is 18.2 Å². The highest BCUT2D eigenvalue weighted by Crippen LogP contribution is 2.29. The molecule has 0 saturated carbocycles. The Morgan fingerprint density at radius 1 is 1.00 bits per heavy atom. The van der Waals surface area contributed by atoms with Gasteiger partial charge in [-0.25, -0.2) is 0 Å². The summed E-state index contributed by atoms with van der Waals surface area (Å²) in [5.41, 5.74) is 0.616. The average Bonchev–Trinajstić information content (AvgIpc) is 2.64. The summed E-state index contributed by atoms with van der Waals surface area (Å²) in [4.78, 5) is -0.851. The van der Waals surface area contributed by atoms with Crippen molar-refractivity contribution in [2.24, 2.45) is 0 Å². The summed E-state index contributed by atoms with van der Waals surface area (Å²) in [7, 11) is 0. The van der Waals surface area contributed by atoms with Crippen LogP contribution >= 0.6 is 46.4 Å². The summed E-state index contributed by atoms with van der Waals surface area (Å²) in [6, 6.07) is 4.92. The summed E-state index contributed by atoms with van der Waals surface area (Å²) in [6.07, 6.45) is 0. The Labute approximate surface area is 111 Å². The molecular weight excluding hydrogens is 294 g/mol. The van der Waals surface area contributed by atoms with Crippen molar-refractivity contribution in [3.8, 4) is 11.5 Å². The molecule has 0 aliphatic rings. The minimum absolute atomic E-state index is 0.134. The van der Waals surface area contributed by atoms with Crippen molar-refractivity contribution in [3.63, 3.8) is 0 Å². The third-order valence-corrected chi connectivity index (χ3v) is 2.55. The average molecular weight is 298 g/mol. The van der Waals surface area contributed by atoms with Gasteiger partial charge in [0.1, 0.15) is 0 Å². The summed E-state index contributed by atoms with van der Waals surface area (Å²) in [5, 5.41) is 8.44. The van der Waals surface area contributed by atoms with E-state index in [1.165, 1.54) is 0 Å². The SMILES string of the molecule is Clc1cc(Cl)cc(-c2nnc(C(Cl)Cl)o2)c1. The van der Waals surface area contributed by atoms with Crippen LogP contribution in [0.4, 0.5) is 0 Å². The zero-order valence-electron chi connectivity index (χ0n) is 7.62. The molecular formula is C9H4Cl4N2O. The molecule has 0 saturated heterocycles. The standard InChI is InChI=1S/C9H4Cl4N2O/c10-5-1-4(2-6(11)3-5)8-14-15-9(16-8)7(12)13/h1-3,7H. The number of hydrogen-bond acceptors (Lipinski definition) is 3. The fourth-order valence-corrected chi connectivity index (χ4v) is 1.82. The van der Waals surface area contributed by atoms with Crippen LogP contribution in [-0.4, -0.2) is 10.2 Å². The predicted molar refractivity (Wildman–Crippen MR) is 64.2 cm³/mol. The molecule has 1 aromatic carbocycles. The molecule has 3 nitrogen and oxygen atoms in total. The van der Waals surface area contributed by atoms with Crippen LogP contribution in [0.5, 0.6) is 0 Å². The molecule has 1 aromatic heterocycles. The zero-order valence-corrected chi connectivity index (χ0v) is 10.6.